The van der Waals surface area contributed by atoms with Crippen molar-refractivity contribution in [3.8, 4) is 0 Å². The standard InChI is InChI=1S/C11H11FN2O/c12-7-2-1-3-8-10(7)13-9(15)6-11(14-8)4-5-11/h1-3,14H,4-6H2,(H,13,15). The van der Waals surface area contributed by atoms with Gasteiger partial charge in [0.2, 0.25) is 5.91 Å². The van der Waals surface area contributed by atoms with Crippen molar-refractivity contribution in [3.63, 3.8) is 0 Å². The van der Waals surface area contributed by atoms with Crippen molar-refractivity contribution in [2.24, 2.45) is 0 Å². The first-order valence-corrected chi connectivity index (χ1v) is 5.05. The van der Waals surface area contributed by atoms with Crippen molar-refractivity contribution in [2.45, 2.75) is 24.8 Å². The minimum Gasteiger partial charge on any atom is -0.377 e. The van der Waals surface area contributed by atoms with Crippen LogP contribution < -0.4 is 10.6 Å². The number of benzene rings is 1. The van der Waals surface area contributed by atoms with E-state index in [9.17, 15) is 9.18 Å². The largest absolute Gasteiger partial charge is 0.377 e. The average Bonchev–Trinajstić information content (AvgIpc) is 2.93. The lowest BCUT2D eigenvalue weighted by atomic mass is 10.2. The van der Waals surface area contributed by atoms with Crippen LogP contribution in [0.3, 0.4) is 0 Å². The summed E-state index contributed by atoms with van der Waals surface area (Å²) >= 11 is 0. The molecular weight excluding hydrogens is 195 g/mol. The lowest BCUT2D eigenvalue weighted by molar-refractivity contribution is -0.116. The van der Waals surface area contributed by atoms with Gasteiger partial charge in [0.05, 0.1) is 5.69 Å². The fourth-order valence-corrected chi connectivity index (χ4v) is 2.03. The fraction of sp³-hybridized carbons (Fsp3) is 0.364. The summed E-state index contributed by atoms with van der Waals surface area (Å²) in [5.74, 6) is -0.491. The number of fused-ring (bicyclic) bond motifs is 1. The molecule has 1 aliphatic carbocycles. The molecule has 4 heteroatoms. The first kappa shape index (κ1) is 8.71. The van der Waals surface area contributed by atoms with Crippen LogP contribution in [-0.2, 0) is 4.79 Å². The summed E-state index contributed by atoms with van der Waals surface area (Å²) in [6.07, 6.45) is 2.40. The minimum atomic E-state index is -0.383. The summed E-state index contributed by atoms with van der Waals surface area (Å²) in [6.45, 7) is 0. The number of carbonyl (C=O) groups excluding carboxylic acids is 1. The lowest BCUT2D eigenvalue weighted by Gasteiger charge is -2.14. The molecule has 3 nitrogen and oxygen atoms in total. The minimum absolute atomic E-state index is 0.108. The van der Waals surface area contributed by atoms with Gasteiger partial charge in [0.25, 0.3) is 0 Å². The van der Waals surface area contributed by atoms with Gasteiger partial charge in [-0.25, -0.2) is 4.39 Å². The van der Waals surface area contributed by atoms with Gasteiger partial charge < -0.3 is 10.6 Å². The first-order chi connectivity index (χ1) is 7.19. The Labute approximate surface area is 86.7 Å². The maximum Gasteiger partial charge on any atom is 0.226 e. The molecule has 1 aliphatic heterocycles. The second kappa shape index (κ2) is 2.72. The second-order valence-electron chi connectivity index (χ2n) is 4.29. The van der Waals surface area contributed by atoms with E-state index < -0.39 is 0 Å². The van der Waals surface area contributed by atoms with Crippen molar-refractivity contribution < 1.29 is 9.18 Å². The molecular formula is C11H11FN2O. The highest BCUT2D eigenvalue weighted by Crippen LogP contribution is 2.45. The van der Waals surface area contributed by atoms with Crippen molar-refractivity contribution in [3.05, 3.63) is 24.0 Å². The van der Waals surface area contributed by atoms with E-state index in [-0.39, 0.29) is 23.0 Å². The van der Waals surface area contributed by atoms with Gasteiger partial charge in [-0.1, -0.05) is 6.07 Å². The van der Waals surface area contributed by atoms with Crippen molar-refractivity contribution in [1.82, 2.24) is 0 Å². The molecule has 78 valence electrons. The van der Waals surface area contributed by atoms with Crippen molar-refractivity contribution >= 4 is 17.3 Å². The Balaban J connectivity index is 2.08. The van der Waals surface area contributed by atoms with E-state index in [4.69, 9.17) is 0 Å². The number of hydrogen-bond donors (Lipinski definition) is 2. The Bertz CT molecular complexity index is 440. The highest BCUT2D eigenvalue weighted by atomic mass is 19.1. The van der Waals surface area contributed by atoms with Crippen LogP contribution in [0, 0.1) is 5.82 Å². The summed E-state index contributed by atoms with van der Waals surface area (Å²) in [7, 11) is 0. The Hall–Kier alpha value is -1.58. The lowest BCUT2D eigenvalue weighted by Crippen LogP contribution is -2.24. The Morgan fingerprint density at radius 2 is 2.13 bits per heavy atom. The summed E-state index contributed by atoms with van der Waals surface area (Å²) in [5, 5.41) is 5.87. The van der Waals surface area contributed by atoms with E-state index in [1.807, 2.05) is 0 Å². The highest BCUT2D eigenvalue weighted by Gasteiger charge is 2.46. The molecule has 3 rings (SSSR count). The fourth-order valence-electron chi connectivity index (χ4n) is 2.03. The predicted octanol–water partition coefficient (Wildman–Crippen LogP) is 2.11. The topological polar surface area (TPSA) is 41.1 Å². The monoisotopic (exact) mass is 206 g/mol. The number of amides is 1. The number of nitrogens with one attached hydrogen (secondary N) is 2. The molecule has 0 bridgehead atoms. The maximum atomic E-state index is 13.4. The molecule has 0 aromatic heterocycles. The van der Waals surface area contributed by atoms with Gasteiger partial charge >= 0.3 is 0 Å². The van der Waals surface area contributed by atoms with Crippen molar-refractivity contribution in [2.75, 3.05) is 10.6 Å². The molecule has 1 aromatic rings. The molecule has 2 N–H and O–H groups in total. The molecule has 1 saturated carbocycles. The zero-order valence-corrected chi connectivity index (χ0v) is 8.14. The third kappa shape index (κ3) is 1.37. The van der Waals surface area contributed by atoms with Crippen LogP contribution >= 0.6 is 0 Å². The number of hydrogen-bond acceptors (Lipinski definition) is 2. The molecule has 0 unspecified atom stereocenters. The van der Waals surface area contributed by atoms with Crippen LogP contribution in [0.5, 0.6) is 0 Å². The number of carbonyl (C=O) groups is 1. The third-order valence-electron chi connectivity index (χ3n) is 3.03. The van der Waals surface area contributed by atoms with E-state index in [0.717, 1.165) is 12.8 Å². The van der Waals surface area contributed by atoms with Gasteiger partial charge in [0.15, 0.2) is 0 Å². The van der Waals surface area contributed by atoms with Gasteiger partial charge in [-0.05, 0) is 25.0 Å². The number of anilines is 2. The van der Waals surface area contributed by atoms with Crippen LogP contribution in [0.2, 0.25) is 0 Å². The average molecular weight is 206 g/mol. The molecule has 0 radical (unpaired) electrons. The van der Waals surface area contributed by atoms with Gasteiger partial charge in [-0.3, -0.25) is 4.79 Å². The van der Waals surface area contributed by atoms with E-state index >= 15 is 0 Å². The first-order valence-electron chi connectivity index (χ1n) is 5.05. The van der Waals surface area contributed by atoms with E-state index in [1.165, 1.54) is 6.07 Å². The quantitative estimate of drug-likeness (QED) is 0.682. The van der Waals surface area contributed by atoms with Crippen LogP contribution in [0.4, 0.5) is 15.8 Å². The SMILES string of the molecule is O=C1CC2(CC2)Nc2cccc(F)c2N1. The summed E-state index contributed by atoms with van der Waals surface area (Å²) in [4.78, 5) is 11.5. The molecule has 2 aliphatic rings. The Morgan fingerprint density at radius 1 is 1.33 bits per heavy atom. The number of halogens is 1. The van der Waals surface area contributed by atoms with Crippen LogP contribution in [0.15, 0.2) is 18.2 Å². The second-order valence-corrected chi connectivity index (χ2v) is 4.29. The Morgan fingerprint density at radius 3 is 2.87 bits per heavy atom. The summed E-state index contributed by atoms with van der Waals surface area (Å²) < 4.78 is 13.4. The molecule has 1 heterocycles. The Kier molecular flexibility index (Phi) is 1.58. The summed E-state index contributed by atoms with van der Waals surface area (Å²) in [6, 6.07) is 4.80. The van der Waals surface area contributed by atoms with Gasteiger partial charge in [0, 0.05) is 12.0 Å². The maximum absolute atomic E-state index is 13.4. The van der Waals surface area contributed by atoms with Gasteiger partial charge in [-0.2, -0.15) is 0 Å². The molecule has 1 spiro atoms. The van der Waals surface area contributed by atoms with Crippen LogP contribution in [0.25, 0.3) is 0 Å². The van der Waals surface area contributed by atoms with E-state index in [2.05, 4.69) is 10.6 Å². The summed E-state index contributed by atoms with van der Waals surface area (Å²) in [5.41, 5.74) is 0.868. The van der Waals surface area contributed by atoms with Gasteiger partial charge in [-0.15, -0.1) is 0 Å². The highest BCUT2D eigenvalue weighted by molar-refractivity contribution is 5.97. The van der Waals surface area contributed by atoms with E-state index in [0.29, 0.717) is 12.1 Å². The number of rotatable bonds is 0. The smallest absolute Gasteiger partial charge is 0.226 e. The molecule has 0 atom stereocenters. The zero-order chi connectivity index (χ0) is 10.5. The van der Waals surface area contributed by atoms with E-state index in [1.54, 1.807) is 12.1 Å². The number of para-hydroxylation sites is 1. The predicted molar refractivity (Wildman–Crippen MR) is 55.2 cm³/mol. The molecule has 15 heavy (non-hydrogen) atoms. The van der Waals surface area contributed by atoms with Crippen molar-refractivity contribution in [1.29, 1.82) is 0 Å². The normalized spacial score (nSPS) is 21.3. The van der Waals surface area contributed by atoms with Gasteiger partial charge in [0.1, 0.15) is 11.5 Å². The molecule has 1 amide bonds. The molecule has 0 saturated heterocycles. The third-order valence-corrected chi connectivity index (χ3v) is 3.03. The van der Waals surface area contributed by atoms with Crippen LogP contribution in [0.1, 0.15) is 19.3 Å². The molecule has 1 fully saturated rings. The van der Waals surface area contributed by atoms with Crippen LogP contribution in [-0.4, -0.2) is 11.4 Å². The molecule has 1 aromatic carbocycles. The zero-order valence-electron chi connectivity index (χ0n) is 8.14.